The number of thiazole rings is 1. The van der Waals surface area contributed by atoms with Crippen molar-refractivity contribution < 1.29 is 14.7 Å². The van der Waals surface area contributed by atoms with Crippen LogP contribution in [-0.2, 0) is 4.79 Å². The van der Waals surface area contributed by atoms with Crippen molar-refractivity contribution in [2.45, 2.75) is 0 Å². The van der Waals surface area contributed by atoms with E-state index in [9.17, 15) is 9.59 Å². The number of carboxylic acids is 1. The molecule has 1 aromatic heterocycles. The van der Waals surface area contributed by atoms with Gasteiger partial charge in [-0.1, -0.05) is 0 Å². The Balaban J connectivity index is 2.80. The second kappa shape index (κ2) is 3.81. The Kier molecular flexibility index (Phi) is 2.76. The molecule has 1 aromatic rings. The van der Waals surface area contributed by atoms with Crippen LogP contribution in [0.3, 0.4) is 0 Å². The molecule has 0 saturated carbocycles. The standard InChI is InChI=1S/C7H6N2O3S/c8-5(10)1-2-6-9-4(3-13-6)7(11)12/h1-3H,(H2,8,10)(H,11,12). The van der Waals surface area contributed by atoms with Gasteiger partial charge in [0.15, 0.2) is 5.69 Å². The molecular weight excluding hydrogens is 192 g/mol. The second-order valence-electron chi connectivity index (χ2n) is 2.11. The van der Waals surface area contributed by atoms with Crippen LogP contribution in [0.1, 0.15) is 15.5 Å². The molecular formula is C7H6N2O3S. The molecule has 0 fully saturated rings. The summed E-state index contributed by atoms with van der Waals surface area (Å²) in [6, 6.07) is 0. The number of carbonyl (C=O) groups is 2. The molecule has 6 heteroatoms. The smallest absolute Gasteiger partial charge is 0.355 e. The molecule has 0 aliphatic carbocycles. The van der Waals surface area contributed by atoms with E-state index >= 15 is 0 Å². The van der Waals surface area contributed by atoms with Crippen molar-refractivity contribution in [3.05, 3.63) is 22.2 Å². The first kappa shape index (κ1) is 9.40. The Morgan fingerprint density at radius 3 is 2.77 bits per heavy atom. The maximum atomic E-state index is 10.4. The summed E-state index contributed by atoms with van der Waals surface area (Å²) in [5, 5.41) is 10.3. The third-order valence-corrected chi connectivity index (χ3v) is 1.94. The zero-order valence-corrected chi connectivity index (χ0v) is 7.25. The monoisotopic (exact) mass is 198 g/mol. The summed E-state index contributed by atoms with van der Waals surface area (Å²) in [6.45, 7) is 0. The highest BCUT2D eigenvalue weighted by Crippen LogP contribution is 2.10. The molecule has 5 nitrogen and oxygen atoms in total. The molecule has 68 valence electrons. The molecule has 1 rings (SSSR count). The van der Waals surface area contributed by atoms with Crippen LogP contribution in [0.5, 0.6) is 0 Å². The van der Waals surface area contributed by atoms with E-state index in [1.165, 1.54) is 11.5 Å². The van der Waals surface area contributed by atoms with Gasteiger partial charge in [-0.25, -0.2) is 9.78 Å². The van der Waals surface area contributed by atoms with E-state index in [2.05, 4.69) is 4.98 Å². The second-order valence-corrected chi connectivity index (χ2v) is 3.00. The van der Waals surface area contributed by atoms with Gasteiger partial charge in [0.2, 0.25) is 5.91 Å². The largest absolute Gasteiger partial charge is 0.476 e. The fourth-order valence-electron chi connectivity index (χ4n) is 0.616. The average molecular weight is 198 g/mol. The molecule has 0 saturated heterocycles. The van der Waals surface area contributed by atoms with Gasteiger partial charge in [-0.3, -0.25) is 4.79 Å². The molecule has 0 radical (unpaired) electrons. The van der Waals surface area contributed by atoms with Crippen molar-refractivity contribution >= 4 is 29.3 Å². The normalized spacial score (nSPS) is 10.5. The van der Waals surface area contributed by atoms with E-state index in [0.717, 1.165) is 17.4 Å². The first-order valence-electron chi connectivity index (χ1n) is 3.26. The Morgan fingerprint density at radius 1 is 1.62 bits per heavy atom. The predicted molar refractivity (Wildman–Crippen MR) is 47.3 cm³/mol. The maximum Gasteiger partial charge on any atom is 0.355 e. The van der Waals surface area contributed by atoms with Crippen molar-refractivity contribution in [3.63, 3.8) is 0 Å². The summed E-state index contributed by atoms with van der Waals surface area (Å²) in [5.74, 6) is -1.68. The SMILES string of the molecule is NC(=O)C=Cc1nc(C(=O)O)cs1. The number of nitrogens with zero attached hydrogens (tertiary/aromatic N) is 1. The fraction of sp³-hybridized carbons (Fsp3) is 0. The van der Waals surface area contributed by atoms with Crippen molar-refractivity contribution in [1.29, 1.82) is 0 Å². The molecule has 0 aliphatic rings. The van der Waals surface area contributed by atoms with Crippen LogP contribution in [-0.4, -0.2) is 22.0 Å². The highest BCUT2D eigenvalue weighted by molar-refractivity contribution is 7.10. The minimum Gasteiger partial charge on any atom is -0.476 e. The van der Waals surface area contributed by atoms with Crippen molar-refractivity contribution in [2.24, 2.45) is 5.73 Å². The van der Waals surface area contributed by atoms with Gasteiger partial charge in [-0.05, 0) is 6.08 Å². The Hall–Kier alpha value is -1.69. The Labute approximate surface area is 77.5 Å². The van der Waals surface area contributed by atoms with Gasteiger partial charge in [-0.15, -0.1) is 11.3 Å². The van der Waals surface area contributed by atoms with Gasteiger partial charge in [0.25, 0.3) is 0 Å². The van der Waals surface area contributed by atoms with Gasteiger partial charge in [0.05, 0.1) is 0 Å². The molecule has 1 heterocycles. The lowest BCUT2D eigenvalue weighted by Gasteiger charge is -1.82. The predicted octanol–water partition coefficient (Wildman–Crippen LogP) is 0.340. The number of rotatable bonds is 3. The Morgan fingerprint density at radius 2 is 2.31 bits per heavy atom. The quantitative estimate of drug-likeness (QED) is 0.685. The van der Waals surface area contributed by atoms with E-state index in [1.54, 1.807) is 0 Å². The lowest BCUT2D eigenvalue weighted by atomic mass is 10.5. The number of nitrogens with two attached hydrogens (primary N) is 1. The van der Waals surface area contributed by atoms with Gasteiger partial charge >= 0.3 is 5.97 Å². The summed E-state index contributed by atoms with van der Waals surface area (Å²) >= 11 is 1.13. The molecule has 0 bridgehead atoms. The third kappa shape index (κ3) is 2.68. The zero-order chi connectivity index (χ0) is 9.84. The van der Waals surface area contributed by atoms with E-state index < -0.39 is 11.9 Å². The molecule has 0 unspecified atom stereocenters. The molecule has 13 heavy (non-hydrogen) atoms. The molecule has 3 N–H and O–H groups in total. The minimum atomic E-state index is -1.09. The maximum absolute atomic E-state index is 10.4. The van der Waals surface area contributed by atoms with Gasteiger partial charge in [0, 0.05) is 11.5 Å². The Bertz CT molecular complexity index is 370. The van der Waals surface area contributed by atoms with E-state index in [4.69, 9.17) is 10.8 Å². The summed E-state index contributed by atoms with van der Waals surface area (Å²) in [4.78, 5) is 24.4. The van der Waals surface area contributed by atoms with Crippen molar-refractivity contribution in [1.82, 2.24) is 4.98 Å². The number of aromatic carboxylic acids is 1. The van der Waals surface area contributed by atoms with Crippen molar-refractivity contribution in [2.75, 3.05) is 0 Å². The lowest BCUT2D eigenvalue weighted by molar-refractivity contribution is -0.113. The zero-order valence-electron chi connectivity index (χ0n) is 6.43. The van der Waals surface area contributed by atoms with Crippen LogP contribution in [0.15, 0.2) is 11.5 Å². The average Bonchev–Trinajstić information content (AvgIpc) is 2.48. The van der Waals surface area contributed by atoms with Crippen LogP contribution in [0.4, 0.5) is 0 Å². The molecule has 0 aromatic carbocycles. The molecule has 1 amide bonds. The van der Waals surface area contributed by atoms with Crippen molar-refractivity contribution in [3.8, 4) is 0 Å². The van der Waals surface area contributed by atoms with Crippen LogP contribution >= 0.6 is 11.3 Å². The van der Waals surface area contributed by atoms with Gasteiger partial charge in [-0.2, -0.15) is 0 Å². The summed E-state index contributed by atoms with van der Waals surface area (Å²) in [5.41, 5.74) is 4.81. The van der Waals surface area contributed by atoms with E-state index in [0.29, 0.717) is 5.01 Å². The summed E-state index contributed by atoms with van der Waals surface area (Å²) < 4.78 is 0. The summed E-state index contributed by atoms with van der Waals surface area (Å²) in [7, 11) is 0. The molecule has 0 aliphatic heterocycles. The topological polar surface area (TPSA) is 93.3 Å². The molecule has 0 spiro atoms. The highest BCUT2D eigenvalue weighted by atomic mass is 32.1. The number of aromatic nitrogens is 1. The lowest BCUT2D eigenvalue weighted by Crippen LogP contribution is -2.05. The first-order valence-corrected chi connectivity index (χ1v) is 4.14. The number of hydrogen-bond acceptors (Lipinski definition) is 4. The van der Waals surface area contributed by atoms with Crippen LogP contribution in [0.25, 0.3) is 6.08 Å². The third-order valence-electron chi connectivity index (χ3n) is 1.13. The minimum absolute atomic E-state index is 0.0332. The van der Waals surface area contributed by atoms with Crippen LogP contribution in [0, 0.1) is 0 Å². The van der Waals surface area contributed by atoms with E-state index in [-0.39, 0.29) is 5.69 Å². The number of carboxylic acid groups (broad SMARTS) is 1. The highest BCUT2D eigenvalue weighted by Gasteiger charge is 2.06. The van der Waals surface area contributed by atoms with Gasteiger partial charge < -0.3 is 10.8 Å². The summed E-state index contributed by atoms with van der Waals surface area (Å²) in [6.07, 6.45) is 2.50. The number of hydrogen-bond donors (Lipinski definition) is 2. The first-order chi connectivity index (χ1) is 6.09. The number of primary amides is 1. The molecule has 0 atom stereocenters. The fourth-order valence-corrected chi connectivity index (χ4v) is 1.30. The van der Waals surface area contributed by atoms with Gasteiger partial charge in [0.1, 0.15) is 5.01 Å². The van der Waals surface area contributed by atoms with Crippen LogP contribution in [0.2, 0.25) is 0 Å². The van der Waals surface area contributed by atoms with E-state index in [1.807, 2.05) is 0 Å². The number of carbonyl (C=O) groups excluding carboxylic acids is 1. The van der Waals surface area contributed by atoms with Crippen LogP contribution < -0.4 is 5.73 Å². The number of amides is 1.